The van der Waals surface area contributed by atoms with Crippen LogP contribution in [0.1, 0.15) is 36.6 Å². The molecule has 0 amide bonds. The van der Waals surface area contributed by atoms with E-state index >= 15 is 0 Å². The van der Waals surface area contributed by atoms with E-state index in [1.807, 2.05) is 48.5 Å². The van der Waals surface area contributed by atoms with Crippen LogP contribution in [-0.2, 0) is 16.1 Å². The van der Waals surface area contributed by atoms with E-state index in [9.17, 15) is 9.59 Å². The Morgan fingerprint density at radius 3 is 2.50 bits per heavy atom. The zero-order chi connectivity index (χ0) is 29.8. The second-order valence-electron chi connectivity index (χ2n) is 9.37. The smallest absolute Gasteiger partial charge is 0.338 e. The van der Waals surface area contributed by atoms with E-state index in [1.165, 1.54) is 15.9 Å². The number of benzene rings is 3. The number of fused-ring (bicyclic) bond motifs is 1. The minimum Gasteiger partial charge on any atom is -0.497 e. The summed E-state index contributed by atoms with van der Waals surface area (Å²) in [7, 11) is 3.10. The van der Waals surface area contributed by atoms with Crippen LogP contribution in [0.25, 0.3) is 6.08 Å². The fourth-order valence-electron chi connectivity index (χ4n) is 4.75. The molecule has 0 aliphatic carbocycles. The molecule has 1 atom stereocenters. The molecule has 8 nitrogen and oxygen atoms in total. The van der Waals surface area contributed by atoms with Crippen LogP contribution in [-0.4, -0.2) is 31.4 Å². The summed E-state index contributed by atoms with van der Waals surface area (Å²) in [6.07, 6.45) is 1.80. The number of aromatic nitrogens is 1. The highest BCUT2D eigenvalue weighted by molar-refractivity contribution is 9.10. The average molecular weight is 650 g/mol. The summed E-state index contributed by atoms with van der Waals surface area (Å²) in [5.41, 5.74) is 2.90. The summed E-state index contributed by atoms with van der Waals surface area (Å²) in [6.45, 7) is 4.10. The molecule has 1 aromatic heterocycles. The lowest BCUT2D eigenvalue weighted by Crippen LogP contribution is -2.40. The Morgan fingerprint density at radius 1 is 1.05 bits per heavy atom. The molecule has 1 aliphatic heterocycles. The molecule has 0 N–H and O–H groups in total. The summed E-state index contributed by atoms with van der Waals surface area (Å²) in [5.74, 6) is 1.21. The van der Waals surface area contributed by atoms with E-state index < -0.39 is 12.0 Å². The number of methoxy groups -OCH3 is 2. The van der Waals surface area contributed by atoms with Gasteiger partial charge in [-0.15, -0.1) is 0 Å². The monoisotopic (exact) mass is 648 g/mol. The number of nitrogens with zero attached hydrogens (tertiary/aromatic N) is 2. The van der Waals surface area contributed by atoms with Gasteiger partial charge in [0.05, 0.1) is 41.1 Å². The molecule has 10 heteroatoms. The topological polar surface area (TPSA) is 88.4 Å². The third-order valence-electron chi connectivity index (χ3n) is 6.74. The van der Waals surface area contributed by atoms with Gasteiger partial charge in [-0.3, -0.25) is 9.36 Å². The van der Waals surface area contributed by atoms with Crippen molar-refractivity contribution in [2.24, 2.45) is 4.99 Å². The minimum absolute atomic E-state index is 0.182. The van der Waals surface area contributed by atoms with Crippen molar-refractivity contribution >= 4 is 39.3 Å². The van der Waals surface area contributed by atoms with Crippen LogP contribution in [0.3, 0.4) is 0 Å². The molecule has 0 bridgehead atoms. The maximum Gasteiger partial charge on any atom is 0.338 e. The fourth-order valence-corrected chi connectivity index (χ4v) is 6.31. The first-order valence-corrected chi connectivity index (χ1v) is 14.8. The zero-order valence-corrected chi connectivity index (χ0v) is 26.0. The van der Waals surface area contributed by atoms with Gasteiger partial charge in [-0.2, -0.15) is 0 Å². The number of thiazole rings is 1. The molecule has 0 fully saturated rings. The minimum atomic E-state index is -0.826. The van der Waals surface area contributed by atoms with Crippen LogP contribution in [0, 0.1) is 0 Å². The van der Waals surface area contributed by atoms with E-state index in [-0.39, 0.29) is 17.7 Å². The number of hydrogen-bond donors (Lipinski definition) is 0. The quantitative estimate of drug-likeness (QED) is 0.233. The highest BCUT2D eigenvalue weighted by Crippen LogP contribution is 2.38. The molecule has 0 unspecified atom stereocenters. The first kappa shape index (κ1) is 29.3. The lowest BCUT2D eigenvalue weighted by molar-refractivity contribution is -0.139. The van der Waals surface area contributed by atoms with Gasteiger partial charge in [-0.25, -0.2) is 9.79 Å². The van der Waals surface area contributed by atoms with Crippen LogP contribution in [0.5, 0.6) is 17.2 Å². The summed E-state index contributed by atoms with van der Waals surface area (Å²) >= 11 is 4.85. The number of halogens is 1. The number of carbonyl (C=O) groups is 1. The molecule has 2 heterocycles. The molecule has 4 aromatic rings. The van der Waals surface area contributed by atoms with E-state index in [0.717, 1.165) is 15.6 Å². The summed E-state index contributed by atoms with van der Waals surface area (Å²) < 4.78 is 25.2. The van der Waals surface area contributed by atoms with E-state index in [4.69, 9.17) is 18.9 Å². The molecule has 3 aromatic carbocycles. The maximum atomic E-state index is 14.0. The Hall–Kier alpha value is -4.15. The number of carbonyl (C=O) groups excluding carboxylic acids is 1. The van der Waals surface area contributed by atoms with Gasteiger partial charge >= 0.3 is 5.97 Å². The molecule has 5 rings (SSSR count). The summed E-state index contributed by atoms with van der Waals surface area (Å²) in [5, 5.41) is 0. The predicted octanol–water partition coefficient (Wildman–Crippen LogP) is 5.16. The van der Waals surface area contributed by atoms with Crippen molar-refractivity contribution in [3.8, 4) is 17.2 Å². The number of hydrogen-bond acceptors (Lipinski definition) is 8. The molecule has 0 radical (unpaired) electrons. The molecule has 0 saturated carbocycles. The molecule has 216 valence electrons. The third kappa shape index (κ3) is 5.91. The van der Waals surface area contributed by atoms with Gasteiger partial charge in [0.25, 0.3) is 5.56 Å². The number of esters is 1. The molecule has 0 saturated heterocycles. The Labute approximate surface area is 255 Å². The molecular weight excluding hydrogens is 620 g/mol. The van der Waals surface area contributed by atoms with Crippen LogP contribution in [0.2, 0.25) is 0 Å². The number of ether oxygens (including phenoxy) is 4. The Morgan fingerprint density at radius 2 is 1.81 bits per heavy atom. The van der Waals surface area contributed by atoms with E-state index in [1.54, 1.807) is 52.3 Å². The molecular formula is C32H29BrN2O6S. The highest BCUT2D eigenvalue weighted by Gasteiger charge is 2.35. The van der Waals surface area contributed by atoms with E-state index in [0.29, 0.717) is 44.4 Å². The van der Waals surface area contributed by atoms with Gasteiger partial charge in [-0.1, -0.05) is 47.7 Å². The predicted molar refractivity (Wildman–Crippen MR) is 165 cm³/mol. The number of rotatable bonds is 9. The first-order valence-electron chi connectivity index (χ1n) is 13.2. The van der Waals surface area contributed by atoms with Crippen molar-refractivity contribution in [1.82, 2.24) is 4.57 Å². The van der Waals surface area contributed by atoms with Gasteiger partial charge < -0.3 is 18.9 Å². The molecule has 42 heavy (non-hydrogen) atoms. The van der Waals surface area contributed by atoms with Crippen LogP contribution in [0.4, 0.5) is 0 Å². The van der Waals surface area contributed by atoms with Gasteiger partial charge in [0, 0.05) is 5.56 Å². The Balaban J connectivity index is 1.59. The lowest BCUT2D eigenvalue weighted by Gasteiger charge is -2.26. The lowest BCUT2D eigenvalue weighted by atomic mass is 9.94. The largest absolute Gasteiger partial charge is 0.497 e. The van der Waals surface area contributed by atoms with E-state index in [2.05, 4.69) is 20.9 Å². The Kier molecular flexibility index (Phi) is 8.94. The third-order valence-corrected chi connectivity index (χ3v) is 8.34. The van der Waals surface area contributed by atoms with Crippen LogP contribution >= 0.6 is 27.3 Å². The van der Waals surface area contributed by atoms with Crippen molar-refractivity contribution < 1.29 is 23.7 Å². The zero-order valence-electron chi connectivity index (χ0n) is 23.5. The molecule has 0 spiro atoms. The second kappa shape index (κ2) is 12.8. The van der Waals surface area contributed by atoms with Crippen molar-refractivity contribution in [2.75, 3.05) is 20.8 Å². The SMILES string of the molecule is CCOC(=O)C1=C(C)N=c2s/c(=C\c3ccc(OCc4ccccc4)c(Br)c3)c(=O)n2[C@@H]1c1cc(OC)ccc1OC. The maximum absolute atomic E-state index is 14.0. The van der Waals surface area contributed by atoms with Gasteiger partial charge in [0.15, 0.2) is 4.80 Å². The van der Waals surface area contributed by atoms with Gasteiger partial charge in [0.2, 0.25) is 0 Å². The standard InChI is InChI=1S/C32H29BrN2O6S/c1-5-40-31(37)28-19(2)34-32-35(29(28)23-17-22(38-3)12-14-25(23)39-4)30(36)27(42-32)16-21-11-13-26(24(33)15-21)41-18-20-9-7-6-8-10-20/h6-17,29H,5,18H2,1-4H3/b27-16-/t29-/m1/s1. The van der Waals surface area contributed by atoms with Crippen molar-refractivity contribution in [2.45, 2.75) is 26.5 Å². The van der Waals surface area contributed by atoms with Crippen molar-refractivity contribution in [3.05, 3.63) is 119 Å². The van der Waals surface area contributed by atoms with Crippen molar-refractivity contribution in [1.29, 1.82) is 0 Å². The van der Waals surface area contributed by atoms with Crippen LogP contribution in [0.15, 0.2) is 92.3 Å². The van der Waals surface area contributed by atoms with Crippen molar-refractivity contribution in [3.63, 3.8) is 0 Å². The van der Waals surface area contributed by atoms with Gasteiger partial charge in [0.1, 0.15) is 29.9 Å². The second-order valence-corrected chi connectivity index (χ2v) is 11.2. The number of allylic oxidation sites excluding steroid dienone is 1. The normalized spacial score (nSPS) is 14.7. The summed E-state index contributed by atoms with van der Waals surface area (Å²) in [6, 6.07) is 20.0. The fraction of sp³-hybridized carbons (Fsp3) is 0.219. The first-order chi connectivity index (χ1) is 20.3. The average Bonchev–Trinajstić information content (AvgIpc) is 3.30. The Bertz CT molecular complexity index is 1840. The van der Waals surface area contributed by atoms with Crippen LogP contribution < -0.4 is 29.1 Å². The summed E-state index contributed by atoms with van der Waals surface area (Å²) in [4.78, 5) is 32.3. The highest BCUT2D eigenvalue weighted by atomic mass is 79.9. The molecule has 1 aliphatic rings. The van der Waals surface area contributed by atoms with Gasteiger partial charge in [-0.05, 0) is 77.3 Å².